The lowest BCUT2D eigenvalue weighted by atomic mass is 9.98. The summed E-state index contributed by atoms with van der Waals surface area (Å²) in [5.74, 6) is 0.798. The van der Waals surface area contributed by atoms with Gasteiger partial charge in [0.25, 0.3) is 0 Å². The molecule has 0 aliphatic carbocycles. The van der Waals surface area contributed by atoms with Crippen molar-refractivity contribution in [3.63, 3.8) is 0 Å². The third-order valence-electron chi connectivity index (χ3n) is 3.38. The number of nitrogens with two attached hydrogens (primary N) is 1. The maximum atomic E-state index is 11.9. The van der Waals surface area contributed by atoms with E-state index in [0.29, 0.717) is 5.92 Å². The number of hydrogen-bond donors (Lipinski definition) is 1. The van der Waals surface area contributed by atoms with Crippen molar-refractivity contribution in [2.45, 2.75) is 26.2 Å². The van der Waals surface area contributed by atoms with Crippen molar-refractivity contribution in [2.24, 2.45) is 5.92 Å². The summed E-state index contributed by atoms with van der Waals surface area (Å²) in [6, 6.07) is 8.01. The molecule has 0 radical (unpaired) electrons. The number of carbonyl (C=O) groups is 1. The fourth-order valence-corrected chi connectivity index (χ4v) is 2.41. The van der Waals surface area contributed by atoms with E-state index >= 15 is 0 Å². The zero-order chi connectivity index (χ0) is 12.4. The summed E-state index contributed by atoms with van der Waals surface area (Å²) in [5, 5.41) is 0. The summed E-state index contributed by atoms with van der Waals surface area (Å²) in [6.07, 6.45) is 1.04. The van der Waals surface area contributed by atoms with Crippen LogP contribution in [0.15, 0.2) is 24.3 Å². The van der Waals surface area contributed by atoms with Gasteiger partial charge in [-0.05, 0) is 24.1 Å². The van der Waals surface area contributed by atoms with Crippen LogP contribution in [0.2, 0.25) is 0 Å². The second kappa shape index (κ2) is 4.78. The van der Waals surface area contributed by atoms with E-state index in [4.69, 9.17) is 5.73 Å². The number of benzene rings is 1. The Labute approximate surface area is 103 Å². The van der Waals surface area contributed by atoms with Gasteiger partial charge < -0.3 is 10.6 Å². The van der Waals surface area contributed by atoms with Gasteiger partial charge in [0.05, 0.1) is 0 Å². The van der Waals surface area contributed by atoms with Gasteiger partial charge in [0.15, 0.2) is 0 Å². The molecule has 1 aromatic rings. The number of nitrogens with zero attached hydrogens (tertiary/aromatic N) is 1. The lowest BCUT2D eigenvalue weighted by Crippen LogP contribution is -2.31. The van der Waals surface area contributed by atoms with Crippen molar-refractivity contribution in [2.75, 3.05) is 18.8 Å². The van der Waals surface area contributed by atoms with Gasteiger partial charge in [-0.3, -0.25) is 4.79 Å². The number of nitrogen functional groups attached to an aromatic ring is 1. The normalized spacial score (nSPS) is 19.9. The highest BCUT2D eigenvalue weighted by atomic mass is 16.2. The number of likely N-dealkylation sites (tertiary alicyclic amines) is 1. The summed E-state index contributed by atoms with van der Waals surface area (Å²) in [7, 11) is 0. The highest BCUT2D eigenvalue weighted by Gasteiger charge is 2.28. The summed E-state index contributed by atoms with van der Waals surface area (Å²) in [6.45, 7) is 5.61. The zero-order valence-electron chi connectivity index (χ0n) is 10.5. The smallest absolute Gasteiger partial charge is 0.225 e. The molecule has 1 aromatic carbocycles. The molecule has 1 aliphatic rings. The van der Waals surface area contributed by atoms with Crippen LogP contribution in [0.4, 0.5) is 5.69 Å². The average molecular weight is 232 g/mol. The second-order valence-electron chi connectivity index (χ2n) is 5.09. The summed E-state index contributed by atoms with van der Waals surface area (Å²) < 4.78 is 0. The molecule has 0 saturated carbocycles. The SMILES string of the molecule is CC(C)C(=O)N1CCC(c2cccc(N)c2)C1. The summed E-state index contributed by atoms with van der Waals surface area (Å²) in [4.78, 5) is 13.9. The first-order valence-corrected chi connectivity index (χ1v) is 6.22. The van der Waals surface area contributed by atoms with E-state index in [1.165, 1.54) is 5.56 Å². The van der Waals surface area contributed by atoms with E-state index < -0.39 is 0 Å². The standard InChI is InChI=1S/C14H20N2O/c1-10(2)14(17)16-7-6-12(9-16)11-4-3-5-13(15)8-11/h3-5,8,10,12H,6-7,9,15H2,1-2H3. The minimum atomic E-state index is 0.0922. The van der Waals surface area contributed by atoms with E-state index in [-0.39, 0.29) is 11.8 Å². The van der Waals surface area contributed by atoms with Crippen molar-refractivity contribution < 1.29 is 4.79 Å². The van der Waals surface area contributed by atoms with Crippen molar-refractivity contribution in [3.8, 4) is 0 Å². The molecule has 0 aromatic heterocycles. The molecule has 1 heterocycles. The maximum Gasteiger partial charge on any atom is 0.225 e. The molecule has 1 atom stereocenters. The Bertz CT molecular complexity index is 414. The van der Waals surface area contributed by atoms with E-state index in [2.05, 4.69) is 6.07 Å². The molecule has 0 spiro atoms. The van der Waals surface area contributed by atoms with Crippen LogP contribution in [-0.4, -0.2) is 23.9 Å². The van der Waals surface area contributed by atoms with Gasteiger partial charge in [0, 0.05) is 30.6 Å². The Morgan fingerprint density at radius 1 is 1.47 bits per heavy atom. The van der Waals surface area contributed by atoms with E-state index in [1.54, 1.807) is 0 Å². The maximum absolute atomic E-state index is 11.9. The molecule has 2 N–H and O–H groups in total. The summed E-state index contributed by atoms with van der Waals surface area (Å²) in [5.41, 5.74) is 7.84. The quantitative estimate of drug-likeness (QED) is 0.795. The monoisotopic (exact) mass is 232 g/mol. The van der Waals surface area contributed by atoms with Gasteiger partial charge in [-0.25, -0.2) is 0 Å². The number of hydrogen-bond acceptors (Lipinski definition) is 2. The molecule has 92 valence electrons. The van der Waals surface area contributed by atoms with Crippen LogP contribution >= 0.6 is 0 Å². The minimum absolute atomic E-state index is 0.0922. The van der Waals surface area contributed by atoms with Crippen molar-refractivity contribution in [1.29, 1.82) is 0 Å². The van der Waals surface area contributed by atoms with Crippen LogP contribution in [-0.2, 0) is 4.79 Å². The molecule has 1 aliphatic heterocycles. The van der Waals surface area contributed by atoms with Crippen LogP contribution in [0.5, 0.6) is 0 Å². The number of anilines is 1. The first kappa shape index (κ1) is 12.0. The van der Waals surface area contributed by atoms with E-state index in [1.807, 2.05) is 36.9 Å². The van der Waals surface area contributed by atoms with Crippen LogP contribution in [0.1, 0.15) is 31.7 Å². The molecule has 1 unspecified atom stereocenters. The highest BCUT2D eigenvalue weighted by molar-refractivity contribution is 5.78. The molecular weight excluding hydrogens is 212 g/mol. The van der Waals surface area contributed by atoms with Gasteiger partial charge in [0.1, 0.15) is 0 Å². The molecule has 1 fully saturated rings. The van der Waals surface area contributed by atoms with Crippen LogP contribution in [0.25, 0.3) is 0 Å². The topological polar surface area (TPSA) is 46.3 Å². The van der Waals surface area contributed by atoms with Crippen LogP contribution in [0.3, 0.4) is 0 Å². The predicted molar refractivity (Wildman–Crippen MR) is 69.6 cm³/mol. The number of amides is 1. The van der Waals surface area contributed by atoms with E-state index in [9.17, 15) is 4.79 Å². The zero-order valence-corrected chi connectivity index (χ0v) is 10.5. The van der Waals surface area contributed by atoms with Gasteiger partial charge in [-0.1, -0.05) is 26.0 Å². The number of rotatable bonds is 2. The first-order valence-electron chi connectivity index (χ1n) is 6.22. The Kier molecular flexibility index (Phi) is 3.36. The Morgan fingerprint density at radius 3 is 2.88 bits per heavy atom. The molecular formula is C14H20N2O. The number of carbonyl (C=O) groups excluding carboxylic acids is 1. The lowest BCUT2D eigenvalue weighted by Gasteiger charge is -2.19. The average Bonchev–Trinajstić information content (AvgIpc) is 2.77. The van der Waals surface area contributed by atoms with Crippen molar-refractivity contribution >= 4 is 11.6 Å². The molecule has 1 amide bonds. The second-order valence-corrected chi connectivity index (χ2v) is 5.09. The van der Waals surface area contributed by atoms with Crippen molar-refractivity contribution in [3.05, 3.63) is 29.8 Å². The van der Waals surface area contributed by atoms with Crippen LogP contribution in [0, 0.1) is 5.92 Å². The predicted octanol–water partition coefficient (Wildman–Crippen LogP) is 2.24. The third-order valence-corrected chi connectivity index (χ3v) is 3.38. The Balaban J connectivity index is 2.05. The largest absolute Gasteiger partial charge is 0.399 e. The Morgan fingerprint density at radius 2 is 2.24 bits per heavy atom. The van der Waals surface area contributed by atoms with Gasteiger partial charge in [-0.15, -0.1) is 0 Å². The fourth-order valence-electron chi connectivity index (χ4n) is 2.41. The van der Waals surface area contributed by atoms with Crippen molar-refractivity contribution in [1.82, 2.24) is 4.90 Å². The molecule has 1 saturated heterocycles. The van der Waals surface area contributed by atoms with Crippen LogP contribution < -0.4 is 5.73 Å². The van der Waals surface area contributed by atoms with E-state index in [0.717, 1.165) is 25.2 Å². The fraction of sp³-hybridized carbons (Fsp3) is 0.500. The minimum Gasteiger partial charge on any atom is -0.399 e. The summed E-state index contributed by atoms with van der Waals surface area (Å²) >= 11 is 0. The first-order chi connectivity index (χ1) is 8.08. The molecule has 17 heavy (non-hydrogen) atoms. The molecule has 0 bridgehead atoms. The van der Waals surface area contributed by atoms with Gasteiger partial charge in [0.2, 0.25) is 5.91 Å². The molecule has 3 nitrogen and oxygen atoms in total. The highest BCUT2D eigenvalue weighted by Crippen LogP contribution is 2.28. The van der Waals surface area contributed by atoms with Gasteiger partial charge >= 0.3 is 0 Å². The lowest BCUT2D eigenvalue weighted by molar-refractivity contribution is -0.133. The molecule has 3 heteroatoms. The van der Waals surface area contributed by atoms with Gasteiger partial charge in [-0.2, -0.15) is 0 Å². The Hall–Kier alpha value is -1.51. The molecule has 2 rings (SSSR count). The third kappa shape index (κ3) is 2.60.